The molecule has 0 spiro atoms. The number of aromatic amines is 1. The Balaban J connectivity index is 1.76. The lowest BCUT2D eigenvalue weighted by Crippen LogP contribution is -2.45. The fraction of sp³-hybridized carbons (Fsp3) is 0.474. The monoisotopic (exact) mass is 374 g/mol. The minimum absolute atomic E-state index is 0.0571. The molecule has 3 rings (SSSR count). The van der Waals surface area contributed by atoms with Crippen molar-refractivity contribution in [3.05, 3.63) is 45.7 Å². The molecule has 1 aliphatic rings. The second-order valence-corrected chi connectivity index (χ2v) is 7.03. The number of hydrogen-bond donors (Lipinski definition) is 2. The molecule has 0 amide bonds. The van der Waals surface area contributed by atoms with Crippen LogP contribution in [-0.4, -0.2) is 66.3 Å². The molecule has 1 fully saturated rings. The lowest BCUT2D eigenvalue weighted by molar-refractivity contribution is 0.0357. The summed E-state index contributed by atoms with van der Waals surface area (Å²) in [5.74, 6) is 0. The van der Waals surface area contributed by atoms with Gasteiger partial charge in [-0.25, -0.2) is 0 Å². The number of nitrogens with zero attached hydrogens (tertiary/aromatic N) is 2. The Morgan fingerprint density at radius 3 is 2.85 bits per heavy atom. The van der Waals surface area contributed by atoms with Crippen molar-refractivity contribution in [2.75, 3.05) is 46.4 Å². The maximum Gasteiger partial charge on any atom is 0.253 e. The van der Waals surface area contributed by atoms with Crippen LogP contribution in [0.1, 0.15) is 11.1 Å². The topological polar surface area (TPSA) is 60.6 Å². The van der Waals surface area contributed by atoms with Gasteiger partial charge < -0.3 is 19.9 Å². The standard InChI is InChI=1S/C19H26N4O2S/c1-14-3-4-15-12-16(18(24)21-17(15)11-14)13-23(19(26)20-2)6-5-22-7-9-25-10-8-22/h3-4,11-12H,5-10,13H2,1-2H3,(H,20,26)(H,21,24). The van der Waals surface area contributed by atoms with E-state index in [2.05, 4.69) is 26.2 Å². The zero-order valence-corrected chi connectivity index (χ0v) is 16.2. The first-order chi connectivity index (χ1) is 12.6. The highest BCUT2D eigenvalue weighted by Gasteiger charge is 2.16. The molecular weight excluding hydrogens is 348 g/mol. The molecule has 1 saturated heterocycles. The van der Waals surface area contributed by atoms with Gasteiger partial charge in [-0.15, -0.1) is 0 Å². The molecule has 2 N–H and O–H groups in total. The number of H-pyrrole nitrogens is 1. The lowest BCUT2D eigenvalue weighted by atomic mass is 10.1. The third-order valence-corrected chi connectivity index (χ3v) is 5.19. The van der Waals surface area contributed by atoms with Gasteiger partial charge in [0.15, 0.2) is 5.11 Å². The minimum atomic E-state index is -0.0571. The molecule has 2 heterocycles. The Morgan fingerprint density at radius 2 is 2.12 bits per heavy atom. The summed E-state index contributed by atoms with van der Waals surface area (Å²) >= 11 is 5.46. The first-order valence-electron chi connectivity index (χ1n) is 8.96. The number of thiocarbonyl (C=S) groups is 1. The number of nitrogens with one attached hydrogen (secondary N) is 2. The Morgan fingerprint density at radius 1 is 1.35 bits per heavy atom. The van der Waals surface area contributed by atoms with Gasteiger partial charge in [-0.2, -0.15) is 0 Å². The Labute approximate surface area is 159 Å². The van der Waals surface area contributed by atoms with Crippen molar-refractivity contribution < 1.29 is 4.74 Å². The number of morpholine rings is 1. The van der Waals surface area contributed by atoms with Gasteiger partial charge in [0, 0.05) is 44.3 Å². The second kappa shape index (κ2) is 8.62. The zero-order chi connectivity index (χ0) is 18.5. The lowest BCUT2D eigenvalue weighted by Gasteiger charge is -2.31. The van der Waals surface area contributed by atoms with E-state index in [1.807, 2.05) is 32.2 Å². The Hall–Kier alpha value is -1.96. The number of fused-ring (bicyclic) bond motifs is 1. The van der Waals surface area contributed by atoms with Crippen molar-refractivity contribution in [3.63, 3.8) is 0 Å². The zero-order valence-electron chi connectivity index (χ0n) is 15.4. The molecule has 2 aromatic rings. The van der Waals surface area contributed by atoms with Gasteiger partial charge in [0.25, 0.3) is 5.56 Å². The average Bonchev–Trinajstić information content (AvgIpc) is 2.65. The van der Waals surface area contributed by atoms with Crippen LogP contribution in [0.2, 0.25) is 0 Å². The van der Waals surface area contributed by atoms with E-state index in [9.17, 15) is 4.79 Å². The van der Waals surface area contributed by atoms with Gasteiger partial charge in [0.1, 0.15) is 0 Å². The number of pyridine rings is 1. The highest BCUT2D eigenvalue weighted by Crippen LogP contribution is 2.14. The van der Waals surface area contributed by atoms with E-state index in [0.717, 1.165) is 61.4 Å². The van der Waals surface area contributed by atoms with Gasteiger partial charge in [-0.1, -0.05) is 12.1 Å². The predicted molar refractivity (Wildman–Crippen MR) is 109 cm³/mol. The van der Waals surface area contributed by atoms with Gasteiger partial charge in [0.05, 0.1) is 19.8 Å². The van der Waals surface area contributed by atoms with Crippen LogP contribution in [0.25, 0.3) is 10.9 Å². The summed E-state index contributed by atoms with van der Waals surface area (Å²) in [5, 5.41) is 4.73. The van der Waals surface area contributed by atoms with Crippen molar-refractivity contribution in [2.24, 2.45) is 0 Å². The van der Waals surface area contributed by atoms with Gasteiger partial charge >= 0.3 is 0 Å². The molecule has 0 atom stereocenters. The van der Waals surface area contributed by atoms with Crippen LogP contribution in [-0.2, 0) is 11.3 Å². The van der Waals surface area contributed by atoms with E-state index < -0.39 is 0 Å². The summed E-state index contributed by atoms with van der Waals surface area (Å²) in [6.07, 6.45) is 0. The fourth-order valence-corrected chi connectivity index (χ4v) is 3.34. The largest absolute Gasteiger partial charge is 0.379 e. The number of aryl methyl sites for hydroxylation is 1. The van der Waals surface area contributed by atoms with E-state index in [1.54, 1.807) is 0 Å². The third kappa shape index (κ3) is 4.60. The van der Waals surface area contributed by atoms with Crippen LogP contribution in [0.4, 0.5) is 0 Å². The number of rotatable bonds is 5. The van der Waals surface area contributed by atoms with Crippen molar-refractivity contribution in [1.29, 1.82) is 0 Å². The van der Waals surface area contributed by atoms with Crippen LogP contribution in [0.3, 0.4) is 0 Å². The van der Waals surface area contributed by atoms with Gasteiger partial charge in [-0.3, -0.25) is 9.69 Å². The predicted octanol–water partition coefficient (Wildman–Crippen LogP) is 1.48. The quantitative estimate of drug-likeness (QED) is 0.773. The normalized spacial score (nSPS) is 15.2. The number of hydrogen-bond acceptors (Lipinski definition) is 4. The van der Waals surface area contributed by atoms with Gasteiger partial charge in [-0.05, 0) is 42.2 Å². The molecule has 1 aromatic heterocycles. The summed E-state index contributed by atoms with van der Waals surface area (Å²) in [7, 11) is 1.82. The fourth-order valence-electron chi connectivity index (χ4n) is 3.18. The molecule has 0 saturated carbocycles. The van der Waals surface area contributed by atoms with E-state index in [-0.39, 0.29) is 5.56 Å². The Bertz CT molecular complexity index is 830. The molecule has 140 valence electrons. The Kier molecular flexibility index (Phi) is 6.24. The molecule has 0 bridgehead atoms. The summed E-state index contributed by atoms with van der Waals surface area (Å²) in [6.45, 7) is 7.61. The first-order valence-corrected chi connectivity index (χ1v) is 9.37. The van der Waals surface area contributed by atoms with Crippen molar-refractivity contribution >= 4 is 28.2 Å². The summed E-state index contributed by atoms with van der Waals surface area (Å²) in [4.78, 5) is 19.9. The second-order valence-electron chi connectivity index (χ2n) is 6.65. The third-order valence-electron chi connectivity index (χ3n) is 4.73. The smallest absolute Gasteiger partial charge is 0.253 e. The SMILES string of the molecule is CNC(=S)N(CCN1CCOCC1)Cc1cc2ccc(C)cc2[nH]c1=O. The molecule has 6 nitrogen and oxygen atoms in total. The molecule has 0 radical (unpaired) electrons. The van der Waals surface area contributed by atoms with Crippen molar-refractivity contribution in [2.45, 2.75) is 13.5 Å². The van der Waals surface area contributed by atoms with Crippen LogP contribution in [0, 0.1) is 6.92 Å². The van der Waals surface area contributed by atoms with Crippen LogP contribution in [0.5, 0.6) is 0 Å². The molecule has 0 unspecified atom stereocenters. The highest BCUT2D eigenvalue weighted by atomic mass is 32.1. The van der Waals surface area contributed by atoms with Crippen LogP contribution < -0.4 is 10.9 Å². The maximum atomic E-state index is 12.5. The molecule has 7 heteroatoms. The van der Waals surface area contributed by atoms with E-state index in [4.69, 9.17) is 17.0 Å². The van der Waals surface area contributed by atoms with E-state index in [1.165, 1.54) is 0 Å². The summed E-state index contributed by atoms with van der Waals surface area (Å²) in [6, 6.07) is 8.06. The highest BCUT2D eigenvalue weighted by molar-refractivity contribution is 7.80. The van der Waals surface area contributed by atoms with Crippen LogP contribution >= 0.6 is 12.2 Å². The van der Waals surface area contributed by atoms with Gasteiger partial charge in [0.2, 0.25) is 0 Å². The maximum absolute atomic E-state index is 12.5. The minimum Gasteiger partial charge on any atom is -0.379 e. The number of aromatic nitrogens is 1. The van der Waals surface area contributed by atoms with Crippen LogP contribution in [0.15, 0.2) is 29.1 Å². The van der Waals surface area contributed by atoms with Crippen molar-refractivity contribution in [1.82, 2.24) is 20.1 Å². The number of ether oxygens (including phenoxy) is 1. The molecule has 1 aliphatic heterocycles. The van der Waals surface area contributed by atoms with E-state index >= 15 is 0 Å². The van der Waals surface area contributed by atoms with E-state index in [0.29, 0.717) is 11.7 Å². The molecule has 1 aromatic carbocycles. The molecule has 26 heavy (non-hydrogen) atoms. The first kappa shape index (κ1) is 18.8. The molecular formula is C19H26N4O2S. The average molecular weight is 375 g/mol. The molecule has 0 aliphatic carbocycles. The summed E-state index contributed by atoms with van der Waals surface area (Å²) in [5.41, 5.74) is 2.67. The number of benzene rings is 1. The van der Waals surface area contributed by atoms with Crippen molar-refractivity contribution in [3.8, 4) is 0 Å². The summed E-state index contributed by atoms with van der Waals surface area (Å²) < 4.78 is 5.40.